The van der Waals surface area contributed by atoms with Crippen molar-refractivity contribution in [2.75, 3.05) is 0 Å². The molecule has 0 aromatic heterocycles. The fourth-order valence-electron chi connectivity index (χ4n) is 1.91. The molecule has 0 aliphatic rings. The molecule has 3 heteroatoms. The highest BCUT2D eigenvalue weighted by atomic mass is 16.5. The van der Waals surface area contributed by atoms with Crippen molar-refractivity contribution in [3.63, 3.8) is 0 Å². The summed E-state index contributed by atoms with van der Waals surface area (Å²) < 4.78 is 44.2. The summed E-state index contributed by atoms with van der Waals surface area (Å²) in [4.78, 5) is 0. The van der Waals surface area contributed by atoms with Crippen molar-refractivity contribution in [1.82, 2.24) is 0 Å². The minimum Gasteiger partial charge on any atom is -0.537 e. The summed E-state index contributed by atoms with van der Waals surface area (Å²) in [6, 6.07) is 8.83. The van der Waals surface area contributed by atoms with Gasteiger partial charge < -0.3 is 9.68 Å². The molecule has 91 valence electrons. The molecule has 1 radical (unpaired) electrons. The lowest BCUT2D eigenvalue weighted by atomic mass is 10.0. The minimum atomic E-state index is -0.406. The van der Waals surface area contributed by atoms with Crippen molar-refractivity contribution in [2.24, 2.45) is 0 Å². The maximum absolute atomic E-state index is 8.68. The summed E-state index contributed by atoms with van der Waals surface area (Å²) in [6.07, 6.45) is 0. The summed E-state index contributed by atoms with van der Waals surface area (Å²) in [5.41, 5.74) is 0.716. The second-order valence-electron chi connectivity index (χ2n) is 3.95. The molecular weight excluding hydrogens is 235 g/mol. The molecule has 0 amide bonds. The summed E-state index contributed by atoms with van der Waals surface area (Å²) in [7, 11) is 0.599. The third-order valence-electron chi connectivity index (χ3n) is 2.79. The van der Waals surface area contributed by atoms with E-state index in [-0.39, 0.29) is 29.7 Å². The maximum atomic E-state index is 8.68. The van der Waals surface area contributed by atoms with E-state index in [0.717, 1.165) is 10.8 Å². The monoisotopic (exact) mass is 252 g/mol. The molecule has 0 saturated carbocycles. The Bertz CT molecular complexity index is 916. The standard InChI is InChI=1S/C16H12BO2/c18-17-19-16-9-8-14-10-13(6-7-15(14)11-16)12-4-2-1-3-5-12/h1-11,18H/i1D,2D,3D,4D,5D. The van der Waals surface area contributed by atoms with Crippen LogP contribution in [-0.4, -0.2) is 12.7 Å². The van der Waals surface area contributed by atoms with Gasteiger partial charge in [0.25, 0.3) is 0 Å². The summed E-state index contributed by atoms with van der Waals surface area (Å²) in [5, 5.41) is 10.3. The predicted molar refractivity (Wildman–Crippen MR) is 78.0 cm³/mol. The van der Waals surface area contributed by atoms with Gasteiger partial charge in [0.15, 0.2) is 0 Å². The molecule has 3 rings (SSSR count). The van der Waals surface area contributed by atoms with Crippen molar-refractivity contribution < 1.29 is 16.5 Å². The van der Waals surface area contributed by atoms with Gasteiger partial charge in [0, 0.05) is 0 Å². The van der Waals surface area contributed by atoms with Gasteiger partial charge in [0.1, 0.15) is 5.75 Å². The zero-order chi connectivity index (χ0) is 17.4. The predicted octanol–water partition coefficient (Wildman–Crippen LogP) is 3.41. The Balaban J connectivity index is 2.19. The molecule has 2 nitrogen and oxygen atoms in total. The van der Waals surface area contributed by atoms with Crippen LogP contribution in [-0.2, 0) is 0 Å². The SMILES string of the molecule is [2H]c1c([2H])c([2H])c(-c2ccc3cc(O[B]O)ccc3c2)c([2H])c1[2H]. The van der Waals surface area contributed by atoms with E-state index < -0.39 is 6.04 Å². The molecular formula is C16H12BO2. The average Bonchev–Trinajstić information content (AvgIpc) is 2.59. The highest BCUT2D eigenvalue weighted by Crippen LogP contribution is 2.26. The summed E-state index contributed by atoms with van der Waals surface area (Å²) in [6.45, 7) is 0. The molecule has 0 atom stereocenters. The lowest BCUT2D eigenvalue weighted by Crippen LogP contribution is -1.99. The number of hydrogen-bond donors (Lipinski definition) is 1. The Kier molecular flexibility index (Phi) is 2.00. The van der Waals surface area contributed by atoms with E-state index >= 15 is 0 Å². The molecule has 3 aromatic rings. The van der Waals surface area contributed by atoms with Gasteiger partial charge in [-0.05, 0) is 40.1 Å². The van der Waals surface area contributed by atoms with Crippen LogP contribution < -0.4 is 4.65 Å². The first kappa shape index (κ1) is 7.36. The number of fused-ring (bicyclic) bond motifs is 1. The van der Waals surface area contributed by atoms with Crippen LogP contribution in [0.4, 0.5) is 0 Å². The molecule has 0 unspecified atom stereocenters. The lowest BCUT2D eigenvalue weighted by Gasteiger charge is -2.06. The molecule has 1 N–H and O–H groups in total. The third-order valence-corrected chi connectivity index (χ3v) is 2.79. The Hall–Kier alpha value is -2.26. The molecule has 0 saturated heterocycles. The van der Waals surface area contributed by atoms with E-state index in [1.54, 1.807) is 36.4 Å². The summed E-state index contributed by atoms with van der Waals surface area (Å²) >= 11 is 0. The van der Waals surface area contributed by atoms with Crippen LogP contribution in [0.1, 0.15) is 6.85 Å². The van der Waals surface area contributed by atoms with E-state index in [4.69, 9.17) is 16.5 Å². The molecule has 0 spiro atoms. The fraction of sp³-hybridized carbons (Fsp3) is 0. The van der Waals surface area contributed by atoms with Crippen LogP contribution in [0.2, 0.25) is 0 Å². The van der Waals surface area contributed by atoms with Gasteiger partial charge in [-0.3, -0.25) is 0 Å². The molecule has 0 aliphatic carbocycles. The van der Waals surface area contributed by atoms with Crippen molar-refractivity contribution in [3.8, 4) is 16.9 Å². The lowest BCUT2D eigenvalue weighted by molar-refractivity contribution is 0.454. The average molecular weight is 252 g/mol. The molecule has 0 fully saturated rings. The largest absolute Gasteiger partial charge is 0.569 e. The second kappa shape index (κ2) is 5.16. The molecule has 3 aromatic carbocycles. The summed E-state index contributed by atoms with van der Waals surface area (Å²) in [5.74, 6) is 0.473. The maximum Gasteiger partial charge on any atom is 0.569 e. The van der Waals surface area contributed by atoms with Crippen molar-refractivity contribution in [3.05, 3.63) is 66.6 Å². The zero-order valence-corrected chi connectivity index (χ0v) is 9.90. The first-order valence-electron chi connectivity index (χ1n) is 8.17. The van der Waals surface area contributed by atoms with Gasteiger partial charge in [0.05, 0.1) is 6.85 Å². The van der Waals surface area contributed by atoms with Crippen molar-refractivity contribution in [2.45, 2.75) is 0 Å². The normalized spacial score (nSPS) is 14.1. The number of hydrogen-bond acceptors (Lipinski definition) is 2. The highest BCUT2D eigenvalue weighted by molar-refractivity contribution is 6.17. The van der Waals surface area contributed by atoms with Gasteiger partial charge in [0.2, 0.25) is 0 Å². The van der Waals surface area contributed by atoms with Gasteiger partial charge in [-0.2, -0.15) is 0 Å². The fourth-order valence-corrected chi connectivity index (χ4v) is 1.91. The molecule has 19 heavy (non-hydrogen) atoms. The van der Waals surface area contributed by atoms with Crippen molar-refractivity contribution >= 4 is 18.5 Å². The van der Waals surface area contributed by atoms with Gasteiger partial charge in [-0.1, -0.05) is 48.4 Å². The Labute approximate surface area is 119 Å². The van der Waals surface area contributed by atoms with Crippen LogP contribution in [0.5, 0.6) is 5.75 Å². The van der Waals surface area contributed by atoms with Crippen LogP contribution in [0.15, 0.2) is 66.6 Å². The first-order valence-corrected chi connectivity index (χ1v) is 5.67. The van der Waals surface area contributed by atoms with Crippen LogP contribution in [0, 0.1) is 0 Å². The van der Waals surface area contributed by atoms with Crippen LogP contribution in [0.25, 0.3) is 21.9 Å². The second-order valence-corrected chi connectivity index (χ2v) is 3.95. The third kappa shape index (κ3) is 2.46. The smallest absolute Gasteiger partial charge is 0.537 e. The molecule has 0 heterocycles. The van der Waals surface area contributed by atoms with Crippen molar-refractivity contribution in [1.29, 1.82) is 0 Å². The Morgan fingerprint density at radius 2 is 1.63 bits per heavy atom. The van der Waals surface area contributed by atoms with Gasteiger partial charge in [-0.25, -0.2) is 0 Å². The number of benzene rings is 3. The van der Waals surface area contributed by atoms with Crippen LogP contribution >= 0.6 is 0 Å². The topological polar surface area (TPSA) is 29.5 Å². The van der Waals surface area contributed by atoms with E-state index in [1.807, 2.05) is 0 Å². The molecule has 0 bridgehead atoms. The van der Waals surface area contributed by atoms with Crippen LogP contribution in [0.3, 0.4) is 0 Å². The first-order chi connectivity index (χ1) is 11.4. The number of rotatable bonds is 3. The van der Waals surface area contributed by atoms with Gasteiger partial charge >= 0.3 is 7.69 Å². The minimum absolute atomic E-state index is 0.173. The van der Waals surface area contributed by atoms with E-state index in [9.17, 15) is 0 Å². The van der Waals surface area contributed by atoms with Gasteiger partial charge in [-0.15, -0.1) is 0 Å². The Morgan fingerprint density at radius 3 is 2.42 bits per heavy atom. The quantitative estimate of drug-likeness (QED) is 0.724. The zero-order valence-electron chi connectivity index (χ0n) is 14.9. The Morgan fingerprint density at radius 1 is 0.895 bits per heavy atom. The molecule has 0 aliphatic heterocycles. The highest BCUT2D eigenvalue weighted by Gasteiger charge is 2.01. The van der Waals surface area contributed by atoms with E-state index in [0.29, 0.717) is 19.0 Å². The van der Waals surface area contributed by atoms with E-state index in [2.05, 4.69) is 0 Å². The van der Waals surface area contributed by atoms with E-state index in [1.165, 1.54) is 0 Å².